The van der Waals surface area contributed by atoms with E-state index in [1.165, 1.54) is 0 Å². The van der Waals surface area contributed by atoms with Crippen LogP contribution in [0.5, 0.6) is 0 Å². The average molecular weight is 296 g/mol. The van der Waals surface area contributed by atoms with Crippen LogP contribution in [0.15, 0.2) is 12.2 Å². The number of carbonyl (C=O) groups excluding carboxylic acids is 2. The molecule has 0 aromatic carbocycles. The summed E-state index contributed by atoms with van der Waals surface area (Å²) in [6.07, 6.45) is 7.94. The van der Waals surface area contributed by atoms with E-state index in [4.69, 9.17) is 9.47 Å². The van der Waals surface area contributed by atoms with E-state index in [9.17, 15) is 9.59 Å². The summed E-state index contributed by atoms with van der Waals surface area (Å²) in [6, 6.07) is 0. The Kier molecular flexibility index (Phi) is 7.09. The number of esters is 1. The fraction of sp³-hybridized carbons (Fsp3) is 0.765. The van der Waals surface area contributed by atoms with Gasteiger partial charge in [0, 0.05) is 7.11 Å². The van der Waals surface area contributed by atoms with Gasteiger partial charge in [0.2, 0.25) is 0 Å². The minimum absolute atomic E-state index is 0.00793. The molecular formula is C17H28O4. The maximum atomic E-state index is 11.8. The number of hydrogen-bond acceptors (Lipinski definition) is 4. The summed E-state index contributed by atoms with van der Waals surface area (Å²) in [5.74, 6) is 0.0131. The van der Waals surface area contributed by atoms with Gasteiger partial charge in [-0.15, -0.1) is 0 Å². The van der Waals surface area contributed by atoms with Gasteiger partial charge >= 0.3 is 5.97 Å². The molecule has 1 aliphatic heterocycles. The second-order valence-electron chi connectivity index (χ2n) is 6.59. The highest BCUT2D eigenvalue weighted by Crippen LogP contribution is 2.21. The topological polar surface area (TPSA) is 52.6 Å². The van der Waals surface area contributed by atoms with E-state index in [2.05, 4.69) is 20.8 Å². The zero-order chi connectivity index (χ0) is 15.9. The van der Waals surface area contributed by atoms with Gasteiger partial charge in [0.15, 0.2) is 5.78 Å². The summed E-state index contributed by atoms with van der Waals surface area (Å²) in [5.41, 5.74) is -0.0550. The van der Waals surface area contributed by atoms with E-state index in [0.29, 0.717) is 5.92 Å². The molecule has 0 aromatic heterocycles. The van der Waals surface area contributed by atoms with Crippen LogP contribution in [0.4, 0.5) is 0 Å². The maximum absolute atomic E-state index is 11.8. The van der Waals surface area contributed by atoms with Gasteiger partial charge in [-0.25, -0.2) is 0 Å². The lowest BCUT2D eigenvalue weighted by atomic mass is 9.94. The fourth-order valence-electron chi connectivity index (χ4n) is 2.34. The Morgan fingerprint density at radius 2 is 2.24 bits per heavy atom. The van der Waals surface area contributed by atoms with Crippen molar-refractivity contribution in [3.8, 4) is 0 Å². The predicted octanol–water partition coefficient (Wildman–Crippen LogP) is 3.30. The Labute approximate surface area is 127 Å². The molecular weight excluding hydrogens is 268 g/mol. The van der Waals surface area contributed by atoms with Gasteiger partial charge in [-0.3, -0.25) is 9.59 Å². The van der Waals surface area contributed by atoms with Crippen molar-refractivity contribution in [3.63, 3.8) is 0 Å². The highest BCUT2D eigenvalue weighted by Gasteiger charge is 2.28. The van der Waals surface area contributed by atoms with Crippen LogP contribution in [0.1, 0.15) is 52.9 Å². The normalized spacial score (nSPS) is 20.8. The van der Waals surface area contributed by atoms with Gasteiger partial charge in [0.1, 0.15) is 6.61 Å². The van der Waals surface area contributed by atoms with Crippen molar-refractivity contribution in [2.75, 3.05) is 13.7 Å². The quantitative estimate of drug-likeness (QED) is 0.484. The number of cyclic esters (lactones) is 1. The molecule has 1 fully saturated rings. The summed E-state index contributed by atoms with van der Waals surface area (Å²) in [7, 11) is 1.75. The van der Waals surface area contributed by atoms with Crippen LogP contribution in [0.25, 0.3) is 0 Å². The molecule has 4 nitrogen and oxygen atoms in total. The van der Waals surface area contributed by atoms with Gasteiger partial charge in [-0.1, -0.05) is 25.8 Å². The lowest BCUT2D eigenvalue weighted by molar-refractivity contribution is -0.137. The third-order valence-electron chi connectivity index (χ3n) is 4.11. The molecule has 1 rings (SSSR count). The van der Waals surface area contributed by atoms with Gasteiger partial charge in [0.25, 0.3) is 0 Å². The molecule has 0 aliphatic carbocycles. The second-order valence-corrected chi connectivity index (χ2v) is 6.59. The second kappa shape index (κ2) is 8.32. The Morgan fingerprint density at radius 1 is 1.52 bits per heavy atom. The standard InChI is InChI=1S/C17H28O4/c1-13(8-6-10-17(2,3)20-4)7-5-9-15(18)14-11-16(19)21-12-14/h5,9,13-14H,6-8,10-12H2,1-4H3. The molecule has 1 heterocycles. The first kappa shape index (κ1) is 17.9. The number of methoxy groups -OCH3 is 1. The highest BCUT2D eigenvalue weighted by atomic mass is 16.5. The van der Waals surface area contributed by atoms with Crippen molar-refractivity contribution in [2.24, 2.45) is 11.8 Å². The summed E-state index contributed by atoms with van der Waals surface area (Å²) in [5, 5.41) is 0. The molecule has 0 bridgehead atoms. The number of allylic oxidation sites excluding steroid dienone is 2. The minimum Gasteiger partial charge on any atom is -0.465 e. The fourth-order valence-corrected chi connectivity index (χ4v) is 2.34. The SMILES string of the molecule is COC(C)(C)CCCC(C)CC=CC(=O)C1COC(=O)C1. The number of rotatable bonds is 9. The lowest BCUT2D eigenvalue weighted by Crippen LogP contribution is -2.22. The molecule has 4 heteroatoms. The van der Waals surface area contributed by atoms with Crippen molar-refractivity contribution in [1.82, 2.24) is 0 Å². The van der Waals surface area contributed by atoms with Crippen LogP contribution in [-0.4, -0.2) is 31.1 Å². The van der Waals surface area contributed by atoms with E-state index in [1.807, 2.05) is 6.08 Å². The van der Waals surface area contributed by atoms with Crippen LogP contribution in [0, 0.1) is 11.8 Å². The number of carbonyl (C=O) groups is 2. The molecule has 0 amide bonds. The lowest BCUT2D eigenvalue weighted by Gasteiger charge is -2.23. The van der Waals surface area contributed by atoms with Crippen molar-refractivity contribution in [3.05, 3.63) is 12.2 Å². The van der Waals surface area contributed by atoms with E-state index in [-0.39, 0.29) is 36.3 Å². The molecule has 0 radical (unpaired) electrons. The summed E-state index contributed by atoms with van der Waals surface area (Å²) in [6.45, 7) is 6.63. The first-order chi connectivity index (χ1) is 9.84. The average Bonchev–Trinajstić information content (AvgIpc) is 2.85. The number of ether oxygens (including phenoxy) is 2. The number of hydrogen-bond donors (Lipinski definition) is 0. The Balaban J connectivity index is 2.20. The Hall–Kier alpha value is -1.16. The van der Waals surface area contributed by atoms with E-state index in [0.717, 1.165) is 25.7 Å². The first-order valence-corrected chi connectivity index (χ1v) is 7.75. The summed E-state index contributed by atoms with van der Waals surface area (Å²) >= 11 is 0. The smallest absolute Gasteiger partial charge is 0.306 e. The largest absolute Gasteiger partial charge is 0.465 e. The third kappa shape index (κ3) is 6.89. The molecule has 1 aliphatic rings. The molecule has 0 saturated carbocycles. The Morgan fingerprint density at radius 3 is 2.81 bits per heavy atom. The molecule has 0 N–H and O–H groups in total. The van der Waals surface area contributed by atoms with Gasteiger partial charge < -0.3 is 9.47 Å². The van der Waals surface area contributed by atoms with Gasteiger partial charge in [-0.05, 0) is 38.7 Å². The van der Waals surface area contributed by atoms with Crippen molar-refractivity contribution in [1.29, 1.82) is 0 Å². The van der Waals surface area contributed by atoms with Gasteiger partial charge in [0.05, 0.1) is 17.9 Å². The van der Waals surface area contributed by atoms with Crippen LogP contribution in [0.3, 0.4) is 0 Å². The monoisotopic (exact) mass is 296 g/mol. The molecule has 0 spiro atoms. The molecule has 120 valence electrons. The van der Waals surface area contributed by atoms with E-state index >= 15 is 0 Å². The maximum Gasteiger partial charge on any atom is 0.306 e. The molecule has 1 saturated heterocycles. The van der Waals surface area contributed by atoms with Crippen LogP contribution in [-0.2, 0) is 19.1 Å². The Bertz CT molecular complexity index is 384. The summed E-state index contributed by atoms with van der Waals surface area (Å²) in [4.78, 5) is 22.8. The van der Waals surface area contributed by atoms with Crippen molar-refractivity contribution in [2.45, 2.75) is 58.5 Å². The van der Waals surface area contributed by atoms with E-state index < -0.39 is 0 Å². The summed E-state index contributed by atoms with van der Waals surface area (Å²) < 4.78 is 10.2. The van der Waals surface area contributed by atoms with Gasteiger partial charge in [-0.2, -0.15) is 0 Å². The van der Waals surface area contributed by atoms with Crippen molar-refractivity contribution < 1.29 is 19.1 Å². The predicted molar refractivity (Wildman–Crippen MR) is 81.9 cm³/mol. The highest BCUT2D eigenvalue weighted by molar-refractivity contribution is 5.95. The minimum atomic E-state index is -0.272. The number of ketones is 1. The zero-order valence-corrected chi connectivity index (χ0v) is 13.7. The van der Waals surface area contributed by atoms with Crippen molar-refractivity contribution >= 4 is 11.8 Å². The van der Waals surface area contributed by atoms with Crippen LogP contribution < -0.4 is 0 Å². The molecule has 0 aromatic rings. The third-order valence-corrected chi connectivity index (χ3v) is 4.11. The molecule has 2 atom stereocenters. The van der Waals surface area contributed by atoms with E-state index in [1.54, 1.807) is 13.2 Å². The molecule has 2 unspecified atom stereocenters. The molecule has 21 heavy (non-hydrogen) atoms. The zero-order valence-electron chi connectivity index (χ0n) is 13.7. The first-order valence-electron chi connectivity index (χ1n) is 7.75. The van der Waals surface area contributed by atoms with Crippen LogP contribution in [0.2, 0.25) is 0 Å². The van der Waals surface area contributed by atoms with Crippen LogP contribution >= 0.6 is 0 Å².